The van der Waals surface area contributed by atoms with Crippen LogP contribution in [0.3, 0.4) is 0 Å². The zero-order chi connectivity index (χ0) is 15.9. The van der Waals surface area contributed by atoms with E-state index in [4.69, 9.17) is 23.8 Å². The predicted molar refractivity (Wildman–Crippen MR) is 96.4 cm³/mol. The van der Waals surface area contributed by atoms with E-state index < -0.39 is 0 Å². The number of nitrogens with zero attached hydrogens (tertiary/aromatic N) is 1. The molecule has 2 heterocycles. The van der Waals surface area contributed by atoms with Crippen molar-refractivity contribution in [3.63, 3.8) is 0 Å². The first-order valence-electron chi connectivity index (χ1n) is 6.65. The minimum absolute atomic E-state index is 0.151. The van der Waals surface area contributed by atoms with Crippen LogP contribution in [0.1, 0.15) is 15.3 Å². The maximum absolute atomic E-state index is 12.6. The molecule has 22 heavy (non-hydrogen) atoms. The molecule has 0 atom stereocenters. The lowest BCUT2D eigenvalue weighted by atomic mass is 10.2. The van der Waals surface area contributed by atoms with Crippen molar-refractivity contribution in [3.05, 3.63) is 56.4 Å². The van der Waals surface area contributed by atoms with Crippen LogP contribution in [-0.2, 0) is 4.79 Å². The first kappa shape index (κ1) is 15.2. The highest BCUT2D eigenvalue weighted by Crippen LogP contribution is 2.28. The van der Waals surface area contributed by atoms with E-state index in [0.717, 1.165) is 16.1 Å². The van der Waals surface area contributed by atoms with E-state index in [1.54, 1.807) is 17.4 Å². The molecule has 1 aliphatic rings. The Balaban J connectivity index is 1.96. The Bertz CT molecular complexity index is 810. The molecule has 1 N–H and O–H groups in total. The molecule has 0 aliphatic carbocycles. The summed E-state index contributed by atoms with van der Waals surface area (Å²) >= 11 is 12.9. The van der Waals surface area contributed by atoms with E-state index in [2.05, 4.69) is 5.32 Å². The molecule has 1 aromatic heterocycles. The number of nitrogens with one attached hydrogen (secondary N) is 1. The largest absolute Gasteiger partial charge is 0.327 e. The average molecular weight is 349 g/mol. The highest BCUT2D eigenvalue weighted by atomic mass is 35.5. The zero-order valence-corrected chi connectivity index (χ0v) is 14.4. The number of amides is 1. The van der Waals surface area contributed by atoms with E-state index in [-0.39, 0.29) is 5.91 Å². The van der Waals surface area contributed by atoms with Crippen molar-refractivity contribution >= 4 is 57.9 Å². The maximum atomic E-state index is 12.6. The number of thiocarbonyl (C=S) groups is 1. The van der Waals surface area contributed by atoms with Gasteiger partial charge in [-0.25, -0.2) is 0 Å². The molecule has 0 radical (unpaired) electrons. The van der Waals surface area contributed by atoms with Gasteiger partial charge in [0, 0.05) is 14.8 Å². The molecule has 2 aromatic rings. The number of carbonyl (C=O) groups is 1. The molecule has 112 valence electrons. The SMILES string of the molecule is Cc1ccc(C=C2NC(=S)N(c3ccc(Cl)cc3C)C2=O)s1. The van der Waals surface area contributed by atoms with Crippen LogP contribution in [0.15, 0.2) is 36.0 Å². The van der Waals surface area contributed by atoms with Crippen molar-refractivity contribution in [1.29, 1.82) is 0 Å². The van der Waals surface area contributed by atoms with E-state index in [1.165, 1.54) is 9.78 Å². The number of hydrogen-bond acceptors (Lipinski definition) is 3. The van der Waals surface area contributed by atoms with Crippen LogP contribution >= 0.6 is 35.2 Å². The van der Waals surface area contributed by atoms with Crippen LogP contribution in [0.25, 0.3) is 6.08 Å². The lowest BCUT2D eigenvalue weighted by Gasteiger charge is -2.16. The summed E-state index contributed by atoms with van der Waals surface area (Å²) in [5, 5.41) is 4.01. The third kappa shape index (κ3) is 2.79. The molecule has 0 unspecified atom stereocenters. The summed E-state index contributed by atoms with van der Waals surface area (Å²) in [4.78, 5) is 16.4. The fourth-order valence-electron chi connectivity index (χ4n) is 2.30. The molecule has 1 saturated heterocycles. The summed E-state index contributed by atoms with van der Waals surface area (Å²) in [5.41, 5.74) is 2.14. The van der Waals surface area contributed by atoms with Crippen molar-refractivity contribution in [2.75, 3.05) is 4.90 Å². The van der Waals surface area contributed by atoms with Crippen LogP contribution in [0.5, 0.6) is 0 Å². The molecule has 1 amide bonds. The molecule has 6 heteroatoms. The van der Waals surface area contributed by atoms with Crippen LogP contribution in [0.4, 0.5) is 5.69 Å². The van der Waals surface area contributed by atoms with Crippen LogP contribution < -0.4 is 10.2 Å². The Kier molecular flexibility index (Phi) is 4.04. The third-order valence-electron chi connectivity index (χ3n) is 3.33. The predicted octanol–water partition coefficient (Wildman–Crippen LogP) is 4.28. The topological polar surface area (TPSA) is 32.3 Å². The van der Waals surface area contributed by atoms with Gasteiger partial charge in [0.1, 0.15) is 5.70 Å². The number of thiophene rings is 1. The zero-order valence-electron chi connectivity index (χ0n) is 12.0. The van der Waals surface area contributed by atoms with Gasteiger partial charge in [0.2, 0.25) is 0 Å². The van der Waals surface area contributed by atoms with E-state index >= 15 is 0 Å². The Morgan fingerprint density at radius 2 is 2.05 bits per heavy atom. The number of halogens is 1. The van der Waals surface area contributed by atoms with Gasteiger partial charge in [0.05, 0.1) is 5.69 Å². The average Bonchev–Trinajstić information content (AvgIpc) is 2.96. The molecule has 1 fully saturated rings. The smallest absolute Gasteiger partial charge is 0.281 e. The molecular weight excluding hydrogens is 336 g/mol. The molecule has 0 bridgehead atoms. The normalized spacial score (nSPS) is 16.5. The van der Waals surface area contributed by atoms with Crippen LogP contribution in [0.2, 0.25) is 5.02 Å². The molecule has 1 aromatic carbocycles. The standard InChI is InChI=1S/C16H13ClN2OS2/c1-9-7-11(17)4-6-14(9)19-15(20)13(18-16(19)21)8-12-5-3-10(2)22-12/h3-8H,1-2H3,(H,18,21). The summed E-state index contributed by atoms with van der Waals surface area (Å²) in [6.45, 7) is 3.94. The fourth-order valence-corrected chi connectivity index (χ4v) is 3.64. The van der Waals surface area contributed by atoms with Gasteiger partial charge in [-0.3, -0.25) is 9.69 Å². The van der Waals surface area contributed by atoms with Gasteiger partial charge < -0.3 is 5.32 Å². The summed E-state index contributed by atoms with van der Waals surface area (Å²) < 4.78 is 0. The molecule has 3 rings (SSSR count). The summed E-state index contributed by atoms with van der Waals surface area (Å²) in [6.07, 6.45) is 1.83. The first-order chi connectivity index (χ1) is 10.5. The van der Waals surface area contributed by atoms with Crippen molar-refractivity contribution < 1.29 is 4.79 Å². The number of carbonyl (C=O) groups excluding carboxylic acids is 1. The lowest BCUT2D eigenvalue weighted by Crippen LogP contribution is -2.30. The van der Waals surface area contributed by atoms with Gasteiger partial charge in [-0.1, -0.05) is 11.6 Å². The van der Waals surface area contributed by atoms with E-state index in [9.17, 15) is 4.79 Å². The number of anilines is 1. The highest BCUT2D eigenvalue weighted by Gasteiger charge is 2.32. The Labute approximate surface area is 143 Å². The van der Waals surface area contributed by atoms with Gasteiger partial charge in [0.15, 0.2) is 5.11 Å². The quantitative estimate of drug-likeness (QED) is 0.649. The van der Waals surface area contributed by atoms with Gasteiger partial charge in [0.25, 0.3) is 5.91 Å². The Morgan fingerprint density at radius 3 is 2.68 bits per heavy atom. The van der Waals surface area contributed by atoms with Crippen molar-refractivity contribution in [3.8, 4) is 0 Å². The Hall–Kier alpha value is -1.69. The minimum atomic E-state index is -0.151. The summed E-state index contributed by atoms with van der Waals surface area (Å²) in [6, 6.07) is 9.39. The maximum Gasteiger partial charge on any atom is 0.281 e. The van der Waals surface area contributed by atoms with E-state index in [1.807, 2.05) is 44.2 Å². The molecule has 1 aliphatic heterocycles. The fraction of sp³-hybridized carbons (Fsp3) is 0.125. The molecular formula is C16H13ClN2OS2. The monoisotopic (exact) mass is 348 g/mol. The number of benzene rings is 1. The molecule has 3 nitrogen and oxygen atoms in total. The lowest BCUT2D eigenvalue weighted by molar-refractivity contribution is -0.113. The van der Waals surface area contributed by atoms with Crippen molar-refractivity contribution in [2.45, 2.75) is 13.8 Å². The number of aryl methyl sites for hydroxylation is 2. The van der Waals surface area contributed by atoms with Crippen molar-refractivity contribution in [1.82, 2.24) is 5.32 Å². The second kappa shape index (κ2) is 5.83. The second-order valence-corrected chi connectivity index (χ2v) is 7.15. The highest BCUT2D eigenvalue weighted by molar-refractivity contribution is 7.80. The molecule has 0 spiro atoms. The van der Waals surface area contributed by atoms with Crippen molar-refractivity contribution in [2.24, 2.45) is 0 Å². The number of rotatable bonds is 2. The third-order valence-corrected chi connectivity index (χ3v) is 4.79. The minimum Gasteiger partial charge on any atom is -0.327 e. The van der Waals surface area contributed by atoms with Crippen LogP contribution in [0, 0.1) is 13.8 Å². The first-order valence-corrected chi connectivity index (χ1v) is 8.26. The summed E-state index contributed by atoms with van der Waals surface area (Å²) in [5.74, 6) is -0.151. The van der Waals surface area contributed by atoms with Gasteiger partial charge >= 0.3 is 0 Å². The Morgan fingerprint density at radius 1 is 1.27 bits per heavy atom. The van der Waals surface area contributed by atoms with Gasteiger partial charge in [-0.05, 0) is 68.0 Å². The van der Waals surface area contributed by atoms with E-state index in [0.29, 0.717) is 15.8 Å². The molecule has 0 saturated carbocycles. The summed E-state index contributed by atoms with van der Waals surface area (Å²) in [7, 11) is 0. The van der Waals surface area contributed by atoms with Gasteiger partial charge in [-0.15, -0.1) is 11.3 Å². The number of hydrogen-bond donors (Lipinski definition) is 1. The van der Waals surface area contributed by atoms with Gasteiger partial charge in [-0.2, -0.15) is 0 Å². The van der Waals surface area contributed by atoms with Crippen LogP contribution in [-0.4, -0.2) is 11.0 Å². The second-order valence-electron chi connectivity index (χ2n) is 5.01.